The van der Waals surface area contributed by atoms with Gasteiger partial charge in [-0.2, -0.15) is 0 Å². The van der Waals surface area contributed by atoms with E-state index in [9.17, 15) is 0 Å². The fraction of sp³-hybridized carbons (Fsp3) is 0.222. The molecule has 0 saturated heterocycles. The summed E-state index contributed by atoms with van der Waals surface area (Å²) in [6.07, 6.45) is 3.61. The van der Waals surface area contributed by atoms with Gasteiger partial charge in [-0.3, -0.25) is 0 Å². The topological polar surface area (TPSA) is 40.7 Å². The summed E-state index contributed by atoms with van der Waals surface area (Å²) in [5, 5.41) is 5.30. The van der Waals surface area contributed by atoms with E-state index in [1.54, 1.807) is 17.5 Å². The van der Waals surface area contributed by atoms with Crippen LogP contribution in [0.4, 0.5) is 0 Å². The van der Waals surface area contributed by atoms with Crippen LogP contribution in [-0.4, -0.2) is 17.0 Å². The summed E-state index contributed by atoms with van der Waals surface area (Å²) >= 11 is 1.73. The molecule has 0 aliphatic rings. The first-order chi connectivity index (χ1) is 6.42. The molecule has 13 heavy (non-hydrogen) atoms. The Balaban J connectivity index is 2.29. The van der Waals surface area contributed by atoms with Gasteiger partial charge >= 0.3 is 0 Å². The third-order valence-corrected chi connectivity index (χ3v) is 2.85. The van der Waals surface area contributed by atoms with Crippen LogP contribution >= 0.6 is 11.3 Å². The molecule has 2 aromatic rings. The van der Waals surface area contributed by atoms with Crippen molar-refractivity contribution in [1.82, 2.24) is 15.3 Å². The predicted molar refractivity (Wildman–Crippen MR) is 53.8 cm³/mol. The number of nitrogens with zero attached hydrogens (tertiary/aromatic N) is 1. The average molecular weight is 193 g/mol. The fourth-order valence-corrected chi connectivity index (χ4v) is 2.14. The van der Waals surface area contributed by atoms with Crippen molar-refractivity contribution in [3.8, 4) is 0 Å². The van der Waals surface area contributed by atoms with Gasteiger partial charge in [0.25, 0.3) is 0 Å². The zero-order chi connectivity index (χ0) is 9.10. The van der Waals surface area contributed by atoms with Gasteiger partial charge in [-0.1, -0.05) is 6.07 Å². The summed E-state index contributed by atoms with van der Waals surface area (Å²) in [5.74, 6) is 0.963. The van der Waals surface area contributed by atoms with Crippen LogP contribution < -0.4 is 5.32 Å². The Morgan fingerprint density at radius 2 is 2.54 bits per heavy atom. The molecule has 3 nitrogen and oxygen atoms in total. The van der Waals surface area contributed by atoms with E-state index < -0.39 is 0 Å². The van der Waals surface area contributed by atoms with Gasteiger partial charge < -0.3 is 10.3 Å². The molecule has 0 aromatic carbocycles. The largest absolute Gasteiger partial charge is 0.347 e. The maximum atomic E-state index is 4.23. The molecule has 68 valence electrons. The highest BCUT2D eigenvalue weighted by Gasteiger charge is 2.14. The Morgan fingerprint density at radius 1 is 1.62 bits per heavy atom. The summed E-state index contributed by atoms with van der Waals surface area (Å²) in [4.78, 5) is 8.62. The van der Waals surface area contributed by atoms with Crippen molar-refractivity contribution in [3.05, 3.63) is 40.6 Å². The van der Waals surface area contributed by atoms with E-state index in [2.05, 4.69) is 26.7 Å². The number of aromatic amines is 1. The van der Waals surface area contributed by atoms with Gasteiger partial charge in [0.05, 0.1) is 0 Å². The lowest BCUT2D eigenvalue weighted by molar-refractivity contribution is 0.666. The molecule has 2 heterocycles. The SMILES string of the molecule is CNC(c1ncc[nH]1)c1cccs1. The van der Waals surface area contributed by atoms with Crippen LogP contribution in [0.15, 0.2) is 29.9 Å². The lowest BCUT2D eigenvalue weighted by Crippen LogP contribution is -2.17. The van der Waals surface area contributed by atoms with Gasteiger partial charge in [0, 0.05) is 17.3 Å². The number of rotatable bonds is 3. The lowest BCUT2D eigenvalue weighted by Gasteiger charge is -2.10. The third-order valence-electron chi connectivity index (χ3n) is 1.91. The molecule has 0 bridgehead atoms. The maximum absolute atomic E-state index is 4.23. The van der Waals surface area contributed by atoms with E-state index in [0.717, 1.165) is 5.82 Å². The average Bonchev–Trinajstić information content (AvgIpc) is 2.76. The number of hydrogen-bond donors (Lipinski definition) is 2. The Labute approximate surface area is 80.8 Å². The number of thiophene rings is 1. The van der Waals surface area contributed by atoms with Crippen LogP contribution in [-0.2, 0) is 0 Å². The van der Waals surface area contributed by atoms with Crippen LogP contribution in [0.3, 0.4) is 0 Å². The van der Waals surface area contributed by atoms with Crippen LogP contribution in [0.1, 0.15) is 16.7 Å². The Kier molecular flexibility index (Phi) is 2.42. The fourth-order valence-electron chi connectivity index (χ4n) is 1.30. The Morgan fingerprint density at radius 3 is 3.08 bits per heavy atom. The molecule has 0 fully saturated rings. The summed E-state index contributed by atoms with van der Waals surface area (Å²) in [7, 11) is 1.94. The van der Waals surface area contributed by atoms with Crippen LogP contribution in [0, 0.1) is 0 Å². The van der Waals surface area contributed by atoms with Gasteiger partial charge in [-0.25, -0.2) is 4.98 Å². The molecule has 0 amide bonds. The zero-order valence-corrected chi connectivity index (χ0v) is 8.14. The molecule has 0 aliphatic heterocycles. The summed E-state index contributed by atoms with van der Waals surface area (Å²) in [5.41, 5.74) is 0. The molecule has 1 unspecified atom stereocenters. The molecule has 2 aromatic heterocycles. The van der Waals surface area contributed by atoms with Gasteiger partial charge in [-0.15, -0.1) is 11.3 Å². The van der Waals surface area contributed by atoms with E-state index in [1.165, 1.54) is 4.88 Å². The Hall–Kier alpha value is -1.13. The molecule has 1 atom stereocenters. The minimum absolute atomic E-state index is 0.190. The predicted octanol–water partition coefficient (Wildman–Crippen LogP) is 1.78. The van der Waals surface area contributed by atoms with E-state index in [0.29, 0.717) is 0 Å². The second kappa shape index (κ2) is 3.72. The number of nitrogens with one attached hydrogen (secondary N) is 2. The van der Waals surface area contributed by atoms with Crippen molar-refractivity contribution in [2.24, 2.45) is 0 Å². The normalized spacial score (nSPS) is 13.0. The molecule has 0 saturated carbocycles. The first kappa shape index (κ1) is 8.47. The minimum atomic E-state index is 0.190. The number of hydrogen-bond acceptors (Lipinski definition) is 3. The van der Waals surface area contributed by atoms with Crippen molar-refractivity contribution in [3.63, 3.8) is 0 Å². The van der Waals surface area contributed by atoms with Crippen molar-refractivity contribution < 1.29 is 0 Å². The van der Waals surface area contributed by atoms with Crippen molar-refractivity contribution >= 4 is 11.3 Å². The molecule has 4 heteroatoms. The lowest BCUT2D eigenvalue weighted by atomic mass is 10.2. The van der Waals surface area contributed by atoms with Crippen LogP contribution in [0.2, 0.25) is 0 Å². The molecule has 2 rings (SSSR count). The van der Waals surface area contributed by atoms with Crippen LogP contribution in [0.25, 0.3) is 0 Å². The van der Waals surface area contributed by atoms with Crippen molar-refractivity contribution in [2.45, 2.75) is 6.04 Å². The van der Waals surface area contributed by atoms with Crippen LogP contribution in [0.5, 0.6) is 0 Å². The highest BCUT2D eigenvalue weighted by Crippen LogP contribution is 2.22. The number of imidazole rings is 1. The smallest absolute Gasteiger partial charge is 0.128 e. The van der Waals surface area contributed by atoms with Gasteiger partial charge in [0.15, 0.2) is 0 Å². The first-order valence-corrected chi connectivity index (χ1v) is 4.99. The standard InChI is InChI=1S/C9H11N3S/c1-10-8(7-3-2-6-13-7)9-11-4-5-12-9/h2-6,8,10H,1H3,(H,11,12). The van der Waals surface area contributed by atoms with E-state index >= 15 is 0 Å². The monoisotopic (exact) mass is 193 g/mol. The molecular weight excluding hydrogens is 182 g/mol. The van der Waals surface area contributed by atoms with E-state index in [-0.39, 0.29) is 6.04 Å². The number of aromatic nitrogens is 2. The summed E-state index contributed by atoms with van der Waals surface area (Å²) in [6.45, 7) is 0. The Bertz CT molecular complexity index is 305. The van der Waals surface area contributed by atoms with Gasteiger partial charge in [0.1, 0.15) is 11.9 Å². The maximum Gasteiger partial charge on any atom is 0.128 e. The van der Waals surface area contributed by atoms with Crippen molar-refractivity contribution in [1.29, 1.82) is 0 Å². The van der Waals surface area contributed by atoms with Gasteiger partial charge in [0.2, 0.25) is 0 Å². The molecular formula is C9H11N3S. The molecule has 0 aliphatic carbocycles. The van der Waals surface area contributed by atoms with E-state index in [1.807, 2.05) is 19.3 Å². The van der Waals surface area contributed by atoms with E-state index in [4.69, 9.17) is 0 Å². The summed E-state index contributed by atoms with van der Waals surface area (Å²) in [6, 6.07) is 4.34. The highest BCUT2D eigenvalue weighted by atomic mass is 32.1. The third kappa shape index (κ3) is 1.64. The summed E-state index contributed by atoms with van der Waals surface area (Å²) < 4.78 is 0. The second-order valence-electron chi connectivity index (χ2n) is 2.71. The van der Waals surface area contributed by atoms with Crippen molar-refractivity contribution in [2.75, 3.05) is 7.05 Å². The zero-order valence-electron chi connectivity index (χ0n) is 7.32. The minimum Gasteiger partial charge on any atom is -0.347 e. The second-order valence-corrected chi connectivity index (χ2v) is 3.69. The number of H-pyrrole nitrogens is 1. The quantitative estimate of drug-likeness (QED) is 0.780. The first-order valence-electron chi connectivity index (χ1n) is 4.12. The molecule has 0 spiro atoms. The molecule has 0 radical (unpaired) electrons. The molecule has 2 N–H and O–H groups in total. The van der Waals surface area contributed by atoms with Gasteiger partial charge in [-0.05, 0) is 18.5 Å². The highest BCUT2D eigenvalue weighted by molar-refractivity contribution is 7.10.